The Bertz CT molecular complexity index is 697. The quantitative estimate of drug-likeness (QED) is 0.870. The fourth-order valence-electron chi connectivity index (χ4n) is 3.80. The molecule has 2 fully saturated rings. The third-order valence-corrected chi connectivity index (χ3v) is 4.79. The topological polar surface area (TPSA) is 39.3 Å². The molecule has 0 spiro atoms. The fraction of sp³-hybridized carbons (Fsp3) is 0.438. The van der Waals surface area contributed by atoms with Gasteiger partial charge < -0.3 is 14.8 Å². The molecule has 0 radical (unpaired) electrons. The largest absolute Gasteiger partial charge is 0.348 e. The maximum Gasteiger partial charge on any atom is 0.270 e. The zero-order valence-corrected chi connectivity index (χ0v) is 12.0. The van der Waals surface area contributed by atoms with Crippen molar-refractivity contribution in [3.8, 4) is 0 Å². The third-order valence-electron chi connectivity index (χ3n) is 4.79. The van der Waals surface area contributed by atoms with Crippen molar-refractivity contribution in [2.45, 2.75) is 0 Å². The first-order valence-corrected chi connectivity index (χ1v) is 7.37. The molecule has 0 saturated carbocycles. The van der Waals surface area contributed by atoms with Crippen LogP contribution in [0.2, 0.25) is 0 Å². The summed E-state index contributed by atoms with van der Waals surface area (Å²) in [7, 11) is 2.13. The summed E-state index contributed by atoms with van der Waals surface area (Å²) in [5.74, 6) is 0.842. The second kappa shape index (κ2) is 4.56. The van der Waals surface area contributed by atoms with Crippen LogP contribution in [0.25, 0.3) is 10.9 Å². The lowest BCUT2D eigenvalue weighted by atomic mass is 10.0. The van der Waals surface area contributed by atoms with Gasteiger partial charge in [-0.15, -0.1) is 0 Å². The summed E-state index contributed by atoms with van der Waals surface area (Å²) in [5, 5.41) is 0.748. The minimum Gasteiger partial charge on any atom is -0.348 e. The van der Waals surface area contributed by atoms with Crippen LogP contribution in [0, 0.1) is 17.7 Å². The molecule has 0 unspecified atom stereocenters. The predicted octanol–water partition coefficient (Wildman–Crippen LogP) is 1.94. The molecule has 4 nitrogen and oxygen atoms in total. The molecule has 2 aliphatic rings. The van der Waals surface area contributed by atoms with Crippen LogP contribution in [0.1, 0.15) is 10.5 Å². The van der Waals surface area contributed by atoms with Crippen LogP contribution in [0.15, 0.2) is 24.3 Å². The number of para-hydroxylation sites is 1. The average molecular weight is 287 g/mol. The number of likely N-dealkylation sites (tertiary alicyclic amines) is 2. The Morgan fingerprint density at radius 3 is 2.62 bits per heavy atom. The Morgan fingerprint density at radius 1 is 1.24 bits per heavy atom. The molecule has 2 atom stereocenters. The Hall–Kier alpha value is -1.88. The highest BCUT2D eigenvalue weighted by Crippen LogP contribution is 2.31. The number of rotatable bonds is 1. The van der Waals surface area contributed by atoms with Gasteiger partial charge in [0.05, 0.1) is 5.52 Å². The second-order valence-electron chi connectivity index (χ2n) is 6.34. The van der Waals surface area contributed by atoms with E-state index in [9.17, 15) is 9.18 Å². The summed E-state index contributed by atoms with van der Waals surface area (Å²) in [6.07, 6.45) is 0. The number of fused-ring (bicyclic) bond motifs is 2. The Balaban J connectivity index is 1.58. The number of halogens is 1. The first-order chi connectivity index (χ1) is 10.1. The summed E-state index contributed by atoms with van der Waals surface area (Å²) in [6.45, 7) is 3.75. The fourth-order valence-corrected chi connectivity index (χ4v) is 3.80. The maximum atomic E-state index is 13.7. The van der Waals surface area contributed by atoms with Crippen molar-refractivity contribution in [3.05, 3.63) is 35.8 Å². The molecule has 1 amide bonds. The van der Waals surface area contributed by atoms with Gasteiger partial charge in [-0.1, -0.05) is 12.1 Å². The number of hydrogen-bond acceptors (Lipinski definition) is 2. The third kappa shape index (κ3) is 2.03. The zero-order valence-electron chi connectivity index (χ0n) is 12.0. The van der Waals surface area contributed by atoms with Gasteiger partial charge in [0.2, 0.25) is 0 Å². The minimum absolute atomic E-state index is 0.0114. The van der Waals surface area contributed by atoms with Gasteiger partial charge >= 0.3 is 0 Å². The van der Waals surface area contributed by atoms with E-state index in [1.807, 2.05) is 11.0 Å². The van der Waals surface area contributed by atoms with Crippen molar-refractivity contribution in [2.24, 2.45) is 11.8 Å². The van der Waals surface area contributed by atoms with E-state index in [2.05, 4.69) is 16.9 Å². The van der Waals surface area contributed by atoms with Crippen molar-refractivity contribution in [1.82, 2.24) is 14.8 Å². The van der Waals surface area contributed by atoms with Crippen molar-refractivity contribution in [2.75, 3.05) is 33.2 Å². The van der Waals surface area contributed by atoms with Gasteiger partial charge in [-0.3, -0.25) is 4.79 Å². The number of carbonyl (C=O) groups excluding carboxylic acids is 1. The Morgan fingerprint density at radius 2 is 1.95 bits per heavy atom. The number of aromatic amines is 1. The number of carbonyl (C=O) groups is 1. The minimum atomic E-state index is -0.313. The van der Waals surface area contributed by atoms with Crippen molar-refractivity contribution in [3.63, 3.8) is 0 Å². The van der Waals surface area contributed by atoms with Crippen LogP contribution in [0.3, 0.4) is 0 Å². The number of benzene rings is 1. The summed E-state index contributed by atoms with van der Waals surface area (Å²) >= 11 is 0. The number of aromatic nitrogens is 1. The average Bonchev–Trinajstić information content (AvgIpc) is 3.10. The van der Waals surface area contributed by atoms with Gasteiger partial charge in [0.25, 0.3) is 5.91 Å². The number of nitrogens with zero attached hydrogens (tertiary/aromatic N) is 2. The summed E-state index contributed by atoms with van der Waals surface area (Å²) in [4.78, 5) is 19.8. The lowest BCUT2D eigenvalue weighted by molar-refractivity contribution is 0.0771. The van der Waals surface area contributed by atoms with Gasteiger partial charge in [0.15, 0.2) is 0 Å². The Kier molecular flexibility index (Phi) is 2.79. The molecule has 0 bridgehead atoms. The molecule has 3 heterocycles. The van der Waals surface area contributed by atoms with E-state index in [-0.39, 0.29) is 11.7 Å². The molecule has 2 saturated heterocycles. The highest BCUT2D eigenvalue weighted by Gasteiger charge is 2.40. The van der Waals surface area contributed by atoms with E-state index in [1.165, 1.54) is 6.07 Å². The molecule has 0 aliphatic carbocycles. The molecular weight excluding hydrogens is 269 g/mol. The van der Waals surface area contributed by atoms with E-state index < -0.39 is 0 Å². The van der Waals surface area contributed by atoms with E-state index in [0.717, 1.165) is 31.6 Å². The maximum absolute atomic E-state index is 13.7. The molecule has 1 N–H and O–H groups in total. The first kappa shape index (κ1) is 12.8. The van der Waals surface area contributed by atoms with Gasteiger partial charge in [0.1, 0.15) is 11.5 Å². The molecular formula is C16H18FN3O. The molecule has 21 heavy (non-hydrogen) atoms. The van der Waals surface area contributed by atoms with Gasteiger partial charge in [0, 0.05) is 31.6 Å². The molecule has 110 valence electrons. The van der Waals surface area contributed by atoms with Crippen molar-refractivity contribution < 1.29 is 9.18 Å². The normalized spacial score (nSPS) is 25.7. The lowest BCUT2D eigenvalue weighted by Crippen LogP contribution is -2.32. The number of amides is 1. The summed E-state index contributed by atoms with van der Waals surface area (Å²) in [6, 6.07) is 6.64. The van der Waals surface area contributed by atoms with E-state index in [1.54, 1.807) is 12.1 Å². The molecule has 2 aliphatic heterocycles. The van der Waals surface area contributed by atoms with E-state index >= 15 is 0 Å². The van der Waals surface area contributed by atoms with Crippen molar-refractivity contribution in [1.29, 1.82) is 0 Å². The van der Waals surface area contributed by atoms with E-state index in [4.69, 9.17) is 0 Å². The number of H-pyrrole nitrogens is 1. The highest BCUT2D eigenvalue weighted by molar-refractivity contribution is 5.98. The Labute approximate surface area is 122 Å². The van der Waals surface area contributed by atoms with Crippen LogP contribution >= 0.6 is 0 Å². The lowest BCUT2D eigenvalue weighted by Gasteiger charge is -2.18. The van der Waals surface area contributed by atoms with Crippen LogP contribution in [0.5, 0.6) is 0 Å². The van der Waals surface area contributed by atoms with Crippen LogP contribution in [0.4, 0.5) is 4.39 Å². The molecule has 4 rings (SSSR count). The standard InChI is InChI=1S/C16H18FN3O/c1-19-6-11-8-20(9-12(11)7-19)16(21)14-5-10-3-2-4-13(17)15(10)18-14/h2-5,11-12,18H,6-9H2,1H3/t11-,12+. The van der Waals surface area contributed by atoms with Crippen LogP contribution in [-0.4, -0.2) is 53.9 Å². The van der Waals surface area contributed by atoms with Crippen LogP contribution < -0.4 is 0 Å². The molecule has 5 heteroatoms. The van der Waals surface area contributed by atoms with Gasteiger partial charge in [-0.05, 0) is 31.0 Å². The van der Waals surface area contributed by atoms with Crippen molar-refractivity contribution >= 4 is 16.8 Å². The van der Waals surface area contributed by atoms with Crippen LogP contribution in [-0.2, 0) is 0 Å². The molecule has 2 aromatic rings. The summed E-state index contributed by atoms with van der Waals surface area (Å²) < 4.78 is 13.7. The smallest absolute Gasteiger partial charge is 0.270 e. The first-order valence-electron chi connectivity index (χ1n) is 7.37. The van der Waals surface area contributed by atoms with Gasteiger partial charge in [-0.2, -0.15) is 0 Å². The van der Waals surface area contributed by atoms with E-state index in [0.29, 0.717) is 23.0 Å². The SMILES string of the molecule is CN1C[C@@H]2CN(C(=O)c3cc4cccc(F)c4[nH]3)C[C@@H]2C1. The number of nitrogens with one attached hydrogen (secondary N) is 1. The zero-order chi connectivity index (χ0) is 14.6. The monoisotopic (exact) mass is 287 g/mol. The highest BCUT2D eigenvalue weighted by atomic mass is 19.1. The predicted molar refractivity (Wildman–Crippen MR) is 78.6 cm³/mol. The number of hydrogen-bond donors (Lipinski definition) is 1. The second-order valence-corrected chi connectivity index (χ2v) is 6.34. The van der Waals surface area contributed by atoms with Gasteiger partial charge in [-0.25, -0.2) is 4.39 Å². The molecule has 1 aromatic carbocycles. The molecule has 1 aromatic heterocycles. The summed E-state index contributed by atoms with van der Waals surface area (Å²) in [5.41, 5.74) is 0.906.